The molecule has 3 rings (SSSR count). The summed E-state index contributed by atoms with van der Waals surface area (Å²) in [6.45, 7) is 5.37. The monoisotopic (exact) mass is 537 g/mol. The van der Waals surface area contributed by atoms with Gasteiger partial charge in [0.05, 0.1) is 18.0 Å². The van der Waals surface area contributed by atoms with Crippen molar-refractivity contribution >= 4 is 35.8 Å². The molecule has 1 aromatic carbocycles. The Hall–Kier alpha value is -2.32. The molecule has 1 saturated heterocycles. The van der Waals surface area contributed by atoms with E-state index in [1.54, 1.807) is 11.7 Å². The number of nitriles is 1. The standard InChI is InChI=1S/C22H31N7O.HI/c1-16-6-8-18(9-7-16)29-21(24)19(13-23)20(27-29)5-4-11-26-22(25-2)28(3)14-17-10-12-30-15-17;/h6-9,17H,4-5,10-12,14-15,24H2,1-3H3,(H,25,26);1H. The van der Waals surface area contributed by atoms with E-state index >= 15 is 0 Å². The maximum atomic E-state index is 9.56. The van der Waals surface area contributed by atoms with E-state index in [2.05, 4.69) is 26.4 Å². The highest BCUT2D eigenvalue weighted by Gasteiger charge is 2.19. The van der Waals surface area contributed by atoms with Crippen LogP contribution in [-0.2, 0) is 11.2 Å². The highest BCUT2D eigenvalue weighted by molar-refractivity contribution is 14.0. The molecule has 0 radical (unpaired) electrons. The molecular formula is C22H32IN7O. The van der Waals surface area contributed by atoms with E-state index in [0.29, 0.717) is 23.7 Å². The number of aromatic nitrogens is 2. The van der Waals surface area contributed by atoms with Crippen molar-refractivity contribution in [1.82, 2.24) is 20.0 Å². The van der Waals surface area contributed by atoms with Crippen molar-refractivity contribution in [2.75, 3.05) is 46.1 Å². The molecular weight excluding hydrogens is 505 g/mol. The van der Waals surface area contributed by atoms with Crippen molar-refractivity contribution in [2.45, 2.75) is 26.2 Å². The first-order valence-electron chi connectivity index (χ1n) is 10.4. The Morgan fingerprint density at radius 3 is 2.77 bits per heavy atom. The number of rotatable bonds is 7. The molecule has 0 aliphatic carbocycles. The fourth-order valence-electron chi connectivity index (χ4n) is 3.70. The molecule has 0 spiro atoms. The van der Waals surface area contributed by atoms with Gasteiger partial charge in [0.25, 0.3) is 0 Å². The second-order valence-corrected chi connectivity index (χ2v) is 7.75. The van der Waals surface area contributed by atoms with Gasteiger partial charge < -0.3 is 20.7 Å². The quantitative estimate of drug-likeness (QED) is 0.244. The van der Waals surface area contributed by atoms with E-state index in [1.165, 1.54) is 0 Å². The number of benzene rings is 1. The predicted octanol–water partition coefficient (Wildman–Crippen LogP) is 2.73. The first kappa shape index (κ1) is 24.9. The van der Waals surface area contributed by atoms with Gasteiger partial charge in [-0.25, -0.2) is 4.68 Å². The smallest absolute Gasteiger partial charge is 0.193 e. The molecule has 8 nitrogen and oxygen atoms in total. The van der Waals surface area contributed by atoms with Gasteiger partial charge in [-0.1, -0.05) is 17.7 Å². The number of halogens is 1. The number of aryl methyl sites for hydroxylation is 2. The number of guanidine groups is 1. The predicted molar refractivity (Wildman–Crippen MR) is 134 cm³/mol. The Bertz CT molecular complexity index is 911. The van der Waals surface area contributed by atoms with E-state index < -0.39 is 0 Å². The summed E-state index contributed by atoms with van der Waals surface area (Å²) in [6, 6.07) is 10.1. The van der Waals surface area contributed by atoms with Crippen LogP contribution in [0.15, 0.2) is 29.3 Å². The fraction of sp³-hybridized carbons (Fsp3) is 0.500. The minimum absolute atomic E-state index is 0. The van der Waals surface area contributed by atoms with Crippen LogP contribution >= 0.6 is 24.0 Å². The van der Waals surface area contributed by atoms with Crippen LogP contribution in [0.4, 0.5) is 5.82 Å². The van der Waals surface area contributed by atoms with Crippen molar-refractivity contribution in [3.05, 3.63) is 41.1 Å². The zero-order valence-corrected chi connectivity index (χ0v) is 20.8. The van der Waals surface area contributed by atoms with Crippen molar-refractivity contribution in [1.29, 1.82) is 5.26 Å². The first-order chi connectivity index (χ1) is 14.5. The third-order valence-corrected chi connectivity index (χ3v) is 5.39. The molecule has 1 atom stereocenters. The van der Waals surface area contributed by atoms with Gasteiger partial charge in [0, 0.05) is 39.7 Å². The molecule has 2 heterocycles. The number of nitrogens with zero attached hydrogens (tertiary/aromatic N) is 5. The van der Waals surface area contributed by atoms with Crippen LogP contribution in [0, 0.1) is 24.2 Å². The van der Waals surface area contributed by atoms with Gasteiger partial charge in [-0.3, -0.25) is 4.99 Å². The zero-order valence-electron chi connectivity index (χ0n) is 18.5. The van der Waals surface area contributed by atoms with Crippen LogP contribution in [0.1, 0.15) is 29.7 Å². The lowest BCUT2D eigenvalue weighted by molar-refractivity contribution is 0.181. The van der Waals surface area contributed by atoms with Crippen LogP contribution in [0.25, 0.3) is 5.69 Å². The largest absolute Gasteiger partial charge is 0.382 e. The zero-order chi connectivity index (χ0) is 21.5. The van der Waals surface area contributed by atoms with Gasteiger partial charge in [-0.05, 0) is 38.3 Å². The normalized spacial score (nSPS) is 15.9. The highest BCUT2D eigenvalue weighted by Crippen LogP contribution is 2.21. The lowest BCUT2D eigenvalue weighted by Gasteiger charge is -2.24. The van der Waals surface area contributed by atoms with Gasteiger partial charge in [-0.2, -0.15) is 10.4 Å². The first-order valence-corrected chi connectivity index (χ1v) is 10.4. The molecule has 1 aliphatic rings. The molecule has 1 aromatic heterocycles. The molecule has 31 heavy (non-hydrogen) atoms. The average molecular weight is 537 g/mol. The highest BCUT2D eigenvalue weighted by atomic mass is 127. The number of hydrogen-bond donors (Lipinski definition) is 2. The van der Waals surface area contributed by atoms with Crippen molar-refractivity contribution < 1.29 is 4.74 Å². The molecule has 1 aliphatic heterocycles. The number of anilines is 1. The molecule has 2 aromatic rings. The Labute approximate surface area is 201 Å². The molecule has 0 saturated carbocycles. The minimum atomic E-state index is 0. The summed E-state index contributed by atoms with van der Waals surface area (Å²) in [5.41, 5.74) is 9.41. The summed E-state index contributed by atoms with van der Waals surface area (Å²) in [6.07, 6.45) is 2.58. The number of nitrogens with one attached hydrogen (secondary N) is 1. The van der Waals surface area contributed by atoms with E-state index in [9.17, 15) is 5.26 Å². The maximum absolute atomic E-state index is 9.56. The second-order valence-electron chi connectivity index (χ2n) is 7.75. The number of nitrogens with two attached hydrogens (primary N) is 1. The second kappa shape index (κ2) is 11.9. The van der Waals surface area contributed by atoms with E-state index in [4.69, 9.17) is 10.5 Å². The van der Waals surface area contributed by atoms with Crippen LogP contribution in [0.2, 0.25) is 0 Å². The molecule has 0 bridgehead atoms. The third-order valence-electron chi connectivity index (χ3n) is 5.39. The maximum Gasteiger partial charge on any atom is 0.193 e. The number of nitrogen functional groups attached to an aromatic ring is 1. The summed E-state index contributed by atoms with van der Waals surface area (Å²) in [5.74, 6) is 1.81. The van der Waals surface area contributed by atoms with Crippen molar-refractivity contribution in [3.63, 3.8) is 0 Å². The van der Waals surface area contributed by atoms with Crippen LogP contribution in [-0.4, -0.2) is 61.0 Å². The van der Waals surface area contributed by atoms with Gasteiger partial charge in [0.2, 0.25) is 0 Å². The fourth-order valence-corrected chi connectivity index (χ4v) is 3.70. The summed E-state index contributed by atoms with van der Waals surface area (Å²) < 4.78 is 7.11. The Kier molecular flexibility index (Phi) is 9.58. The summed E-state index contributed by atoms with van der Waals surface area (Å²) in [7, 11) is 3.84. The van der Waals surface area contributed by atoms with Gasteiger partial charge >= 0.3 is 0 Å². The molecule has 9 heteroatoms. The number of aliphatic imine (C=N–C) groups is 1. The van der Waals surface area contributed by atoms with Crippen molar-refractivity contribution in [3.8, 4) is 11.8 Å². The summed E-state index contributed by atoms with van der Waals surface area (Å²) in [4.78, 5) is 6.51. The summed E-state index contributed by atoms with van der Waals surface area (Å²) >= 11 is 0. The molecule has 3 N–H and O–H groups in total. The number of hydrogen-bond acceptors (Lipinski definition) is 5. The molecule has 168 valence electrons. The Morgan fingerprint density at radius 1 is 1.42 bits per heavy atom. The lowest BCUT2D eigenvalue weighted by Crippen LogP contribution is -2.41. The van der Waals surface area contributed by atoms with E-state index in [-0.39, 0.29) is 24.0 Å². The molecule has 0 amide bonds. The van der Waals surface area contributed by atoms with Gasteiger partial charge in [0.1, 0.15) is 17.5 Å². The van der Waals surface area contributed by atoms with Gasteiger partial charge in [0.15, 0.2) is 5.96 Å². The Morgan fingerprint density at radius 2 is 2.16 bits per heavy atom. The SMILES string of the molecule is CN=C(NCCCc1nn(-c2ccc(C)cc2)c(N)c1C#N)N(C)CC1CCOC1.I. The summed E-state index contributed by atoms with van der Waals surface area (Å²) in [5, 5.41) is 17.6. The lowest BCUT2D eigenvalue weighted by atomic mass is 10.1. The van der Waals surface area contributed by atoms with E-state index in [1.807, 2.05) is 38.2 Å². The van der Waals surface area contributed by atoms with E-state index in [0.717, 1.165) is 62.0 Å². The van der Waals surface area contributed by atoms with Crippen LogP contribution < -0.4 is 11.1 Å². The minimum Gasteiger partial charge on any atom is -0.382 e. The number of ether oxygens (including phenoxy) is 1. The van der Waals surface area contributed by atoms with Crippen LogP contribution in [0.3, 0.4) is 0 Å². The molecule has 1 unspecified atom stereocenters. The average Bonchev–Trinajstić information content (AvgIpc) is 3.36. The Balaban J connectivity index is 0.00000341. The third kappa shape index (κ3) is 6.33. The van der Waals surface area contributed by atoms with Crippen LogP contribution in [0.5, 0.6) is 0 Å². The molecule has 1 fully saturated rings. The van der Waals surface area contributed by atoms with Gasteiger partial charge in [-0.15, -0.1) is 24.0 Å². The van der Waals surface area contributed by atoms with Crippen molar-refractivity contribution in [2.24, 2.45) is 10.9 Å². The topological polar surface area (TPSA) is 104 Å².